The topological polar surface area (TPSA) is 72.4 Å². The lowest BCUT2D eigenvalue weighted by Crippen LogP contribution is -2.62. The van der Waals surface area contributed by atoms with Gasteiger partial charge in [0.05, 0.1) is 5.56 Å². The summed E-state index contributed by atoms with van der Waals surface area (Å²) < 4.78 is 5.65. The molecule has 4 rings (SSSR count). The summed E-state index contributed by atoms with van der Waals surface area (Å²) in [6.45, 7) is 4.03. The smallest absolute Gasteiger partial charge is 0.329 e. The van der Waals surface area contributed by atoms with E-state index < -0.39 is 11.4 Å². The van der Waals surface area contributed by atoms with Gasteiger partial charge in [-0.3, -0.25) is 9.59 Å². The molecule has 0 N–H and O–H groups in total. The molecule has 1 fully saturated rings. The van der Waals surface area contributed by atoms with Crippen molar-refractivity contribution in [1.82, 2.24) is 14.9 Å². The van der Waals surface area contributed by atoms with E-state index in [1.807, 2.05) is 74.5 Å². The summed E-state index contributed by atoms with van der Waals surface area (Å²) in [5, 5.41) is 0. The average molecular weight is 454 g/mol. The van der Waals surface area contributed by atoms with Crippen LogP contribution >= 0.6 is 0 Å². The lowest BCUT2D eigenvalue weighted by atomic mass is 9.72. The van der Waals surface area contributed by atoms with Crippen LogP contribution in [-0.2, 0) is 26.3 Å². The number of likely N-dealkylation sites (N-methyl/N-ethyl adjacent to an activating group) is 1. The molecule has 1 saturated heterocycles. The predicted molar refractivity (Wildman–Crippen MR) is 128 cm³/mol. The third-order valence-corrected chi connectivity index (χ3v) is 6.41. The second-order valence-corrected chi connectivity index (χ2v) is 9.06. The van der Waals surface area contributed by atoms with Crippen molar-refractivity contribution in [3.05, 3.63) is 95.6 Å². The van der Waals surface area contributed by atoms with Crippen molar-refractivity contribution in [2.45, 2.75) is 44.2 Å². The Labute approximate surface area is 200 Å². The maximum Gasteiger partial charge on any atom is 0.329 e. The first-order valence-corrected chi connectivity index (χ1v) is 11.2. The summed E-state index contributed by atoms with van der Waals surface area (Å²) in [5.74, 6) is 5.24. The molecule has 0 bridgehead atoms. The van der Waals surface area contributed by atoms with Crippen LogP contribution in [-0.4, -0.2) is 39.3 Å². The van der Waals surface area contributed by atoms with E-state index in [4.69, 9.17) is 4.74 Å². The zero-order valence-electron chi connectivity index (χ0n) is 19.6. The van der Waals surface area contributed by atoms with E-state index in [1.54, 1.807) is 24.3 Å². The van der Waals surface area contributed by atoms with Gasteiger partial charge in [0.1, 0.15) is 6.61 Å². The van der Waals surface area contributed by atoms with Crippen LogP contribution < -0.4 is 0 Å². The maximum atomic E-state index is 13.6. The number of piperidine rings is 1. The number of hydrogen-bond acceptors (Lipinski definition) is 5. The van der Waals surface area contributed by atoms with Gasteiger partial charge in [0.25, 0.3) is 0 Å². The Hall–Kier alpha value is -3.98. The largest absolute Gasteiger partial charge is 0.460 e. The molecule has 1 aliphatic heterocycles. The van der Waals surface area contributed by atoms with E-state index in [0.29, 0.717) is 12.0 Å². The van der Waals surface area contributed by atoms with Crippen LogP contribution in [0.25, 0.3) is 0 Å². The van der Waals surface area contributed by atoms with Crippen molar-refractivity contribution >= 4 is 11.9 Å². The zero-order valence-corrected chi connectivity index (χ0v) is 19.6. The van der Waals surface area contributed by atoms with Crippen LogP contribution in [0.2, 0.25) is 0 Å². The van der Waals surface area contributed by atoms with Crippen molar-refractivity contribution < 1.29 is 14.3 Å². The van der Waals surface area contributed by atoms with E-state index in [1.165, 1.54) is 0 Å². The molecule has 3 aromatic rings. The monoisotopic (exact) mass is 453 g/mol. The Morgan fingerprint density at radius 2 is 1.53 bits per heavy atom. The highest BCUT2D eigenvalue weighted by atomic mass is 16.5. The van der Waals surface area contributed by atoms with Gasteiger partial charge in [-0.25, -0.2) is 9.97 Å². The van der Waals surface area contributed by atoms with Crippen LogP contribution in [0.15, 0.2) is 73.1 Å². The summed E-state index contributed by atoms with van der Waals surface area (Å²) in [5.41, 5.74) is 0.331. The summed E-state index contributed by atoms with van der Waals surface area (Å²) in [6, 6.07) is 19.0. The highest BCUT2D eigenvalue weighted by Crippen LogP contribution is 2.40. The molecule has 6 nitrogen and oxygen atoms in total. The molecule has 0 aliphatic carbocycles. The van der Waals surface area contributed by atoms with Crippen molar-refractivity contribution in [2.24, 2.45) is 0 Å². The molecule has 0 spiro atoms. The first kappa shape index (κ1) is 23.2. The number of aromatic nitrogens is 2. The summed E-state index contributed by atoms with van der Waals surface area (Å²) >= 11 is 0. The standard InChI is InChI=1S/C28H27N3O3/c1-27(2)16-17-28(25(32)31(27)3,26(33)34-20-22-12-8-5-9-13-22)24-29-18-23(19-30-24)15-14-21-10-6-4-7-11-21/h4-13,18-19H,16-17,20H2,1-3H3. The number of benzene rings is 2. The lowest BCUT2D eigenvalue weighted by Gasteiger charge is -2.46. The number of nitrogens with zero attached hydrogens (tertiary/aromatic N) is 3. The SMILES string of the molecule is CN1C(=O)C(C(=O)OCc2ccccc2)(c2ncc(C#Cc3ccccc3)cn2)CCC1(C)C. The lowest BCUT2D eigenvalue weighted by molar-refractivity contribution is -0.166. The van der Waals surface area contributed by atoms with E-state index in [2.05, 4.69) is 21.8 Å². The molecule has 0 saturated carbocycles. The molecule has 2 aromatic carbocycles. The number of amides is 1. The number of esters is 1. The van der Waals surface area contributed by atoms with Gasteiger partial charge in [-0.1, -0.05) is 60.4 Å². The van der Waals surface area contributed by atoms with E-state index in [-0.39, 0.29) is 30.3 Å². The predicted octanol–water partition coefficient (Wildman–Crippen LogP) is 3.89. The van der Waals surface area contributed by atoms with Gasteiger partial charge in [0, 0.05) is 30.5 Å². The number of rotatable bonds is 4. The van der Waals surface area contributed by atoms with Gasteiger partial charge in [-0.15, -0.1) is 0 Å². The number of hydrogen-bond donors (Lipinski definition) is 0. The number of likely N-dealkylation sites (tertiary alicyclic amines) is 1. The fourth-order valence-corrected chi connectivity index (χ4v) is 3.94. The third kappa shape index (κ3) is 4.55. The molecule has 1 aromatic heterocycles. The van der Waals surface area contributed by atoms with Gasteiger partial charge in [-0.05, 0) is 44.4 Å². The Morgan fingerprint density at radius 1 is 0.941 bits per heavy atom. The zero-order chi connectivity index (χ0) is 24.2. The molecule has 1 unspecified atom stereocenters. The molecular weight excluding hydrogens is 426 g/mol. The Balaban J connectivity index is 1.65. The van der Waals surface area contributed by atoms with Crippen LogP contribution in [0.4, 0.5) is 0 Å². The quantitative estimate of drug-likeness (QED) is 0.341. The third-order valence-electron chi connectivity index (χ3n) is 6.41. The van der Waals surface area contributed by atoms with Gasteiger partial charge < -0.3 is 9.64 Å². The van der Waals surface area contributed by atoms with Gasteiger partial charge in [0.2, 0.25) is 11.3 Å². The van der Waals surface area contributed by atoms with E-state index >= 15 is 0 Å². The Morgan fingerprint density at radius 3 is 2.18 bits per heavy atom. The fourth-order valence-electron chi connectivity index (χ4n) is 3.94. The minimum absolute atomic E-state index is 0.0719. The first-order chi connectivity index (χ1) is 16.3. The van der Waals surface area contributed by atoms with E-state index in [0.717, 1.165) is 11.1 Å². The molecule has 2 heterocycles. The van der Waals surface area contributed by atoms with E-state index in [9.17, 15) is 9.59 Å². The molecule has 34 heavy (non-hydrogen) atoms. The van der Waals surface area contributed by atoms with Crippen molar-refractivity contribution in [2.75, 3.05) is 7.05 Å². The van der Waals surface area contributed by atoms with Crippen molar-refractivity contribution in [3.63, 3.8) is 0 Å². The Kier molecular flexibility index (Phi) is 6.47. The Bertz CT molecular complexity index is 1230. The molecule has 1 atom stereocenters. The average Bonchev–Trinajstić information content (AvgIpc) is 2.87. The maximum absolute atomic E-state index is 13.6. The molecule has 1 aliphatic rings. The van der Waals surface area contributed by atoms with Crippen LogP contribution in [0.3, 0.4) is 0 Å². The molecular formula is C28H27N3O3. The summed E-state index contributed by atoms with van der Waals surface area (Å²) in [6.07, 6.45) is 3.98. The van der Waals surface area contributed by atoms with Crippen molar-refractivity contribution in [1.29, 1.82) is 0 Å². The second kappa shape index (κ2) is 9.48. The van der Waals surface area contributed by atoms with Crippen LogP contribution in [0, 0.1) is 11.8 Å². The molecule has 172 valence electrons. The summed E-state index contributed by atoms with van der Waals surface area (Å²) in [4.78, 5) is 37.6. The van der Waals surface area contributed by atoms with Gasteiger partial charge in [-0.2, -0.15) is 0 Å². The number of carbonyl (C=O) groups is 2. The first-order valence-electron chi connectivity index (χ1n) is 11.2. The van der Waals surface area contributed by atoms with Crippen molar-refractivity contribution in [3.8, 4) is 11.8 Å². The summed E-state index contributed by atoms with van der Waals surface area (Å²) in [7, 11) is 1.71. The normalized spacial score (nSPS) is 19.1. The fraction of sp³-hybridized carbons (Fsp3) is 0.286. The van der Waals surface area contributed by atoms with Crippen LogP contribution in [0.1, 0.15) is 49.2 Å². The minimum atomic E-state index is -1.59. The molecule has 0 radical (unpaired) electrons. The number of carbonyl (C=O) groups excluding carboxylic acids is 2. The van der Waals surface area contributed by atoms with Gasteiger partial charge in [0.15, 0.2) is 5.82 Å². The minimum Gasteiger partial charge on any atom is -0.460 e. The molecule has 6 heteroatoms. The highest BCUT2D eigenvalue weighted by molar-refractivity contribution is 6.08. The highest BCUT2D eigenvalue weighted by Gasteiger charge is 2.58. The number of ether oxygens (including phenoxy) is 1. The van der Waals surface area contributed by atoms with Gasteiger partial charge >= 0.3 is 5.97 Å². The molecule has 1 amide bonds. The van der Waals surface area contributed by atoms with Crippen LogP contribution in [0.5, 0.6) is 0 Å². The second-order valence-electron chi connectivity index (χ2n) is 9.06.